The minimum absolute atomic E-state index is 0.0202. The Hall–Kier alpha value is -2.12. The van der Waals surface area contributed by atoms with Crippen LogP contribution in [-0.2, 0) is 25.5 Å². The Balaban J connectivity index is 2.39. The van der Waals surface area contributed by atoms with E-state index in [1.165, 1.54) is 19.9 Å². The molecule has 0 heterocycles. The van der Waals surface area contributed by atoms with Gasteiger partial charge in [0.15, 0.2) is 5.78 Å². The third-order valence-electron chi connectivity index (χ3n) is 4.68. The molecule has 1 unspecified atom stereocenters. The predicted molar refractivity (Wildman–Crippen MR) is 98.6 cm³/mol. The molecule has 1 aromatic carbocycles. The summed E-state index contributed by atoms with van der Waals surface area (Å²) >= 11 is 12.4. The van der Waals surface area contributed by atoms with E-state index in [9.17, 15) is 24.3 Å². The number of carboxylic acids is 1. The van der Waals surface area contributed by atoms with E-state index >= 15 is 0 Å². The first kappa shape index (κ1) is 22.2. The Labute approximate surface area is 171 Å². The van der Waals surface area contributed by atoms with Crippen LogP contribution in [0.4, 0.5) is 0 Å². The van der Waals surface area contributed by atoms with Gasteiger partial charge in [-0.05, 0) is 37.8 Å². The molecule has 0 radical (unpaired) electrons. The Kier molecular flexibility index (Phi) is 7.06. The molecule has 0 aliphatic heterocycles. The van der Waals surface area contributed by atoms with E-state index < -0.39 is 24.0 Å². The third kappa shape index (κ3) is 4.83. The monoisotopic (exact) mass is 429 g/mol. The molecule has 2 rings (SSSR count). The van der Waals surface area contributed by atoms with Gasteiger partial charge in [0.25, 0.3) is 0 Å². The molecular weight excluding hydrogens is 411 g/mol. The zero-order chi connectivity index (χ0) is 21.1. The number of carbonyl (C=O) groups excluding carboxylic acids is 4. The number of ketones is 2. The topological polar surface area (TPSA) is 110 Å². The highest BCUT2D eigenvalue weighted by Gasteiger charge is 2.47. The van der Waals surface area contributed by atoms with Crippen LogP contribution in [-0.4, -0.2) is 36.7 Å². The number of esters is 1. The number of halogens is 2. The van der Waals surface area contributed by atoms with E-state index in [0.717, 1.165) is 0 Å². The summed E-state index contributed by atoms with van der Waals surface area (Å²) in [6.45, 7) is 2.00. The number of aliphatic carboxylic acids is 1. The molecule has 9 heteroatoms. The summed E-state index contributed by atoms with van der Waals surface area (Å²) in [4.78, 5) is 46.4. The van der Waals surface area contributed by atoms with E-state index in [4.69, 9.17) is 32.7 Å². The highest BCUT2D eigenvalue weighted by Crippen LogP contribution is 2.49. The second kappa shape index (κ2) is 8.92. The Bertz CT molecular complexity index is 834. The number of Topliss-reactive ketones (excluding diaryl/α,β-unsaturated/α-hetero) is 2. The Morgan fingerprint density at radius 2 is 1.86 bits per heavy atom. The van der Waals surface area contributed by atoms with Crippen LogP contribution in [0.25, 0.3) is 0 Å². The van der Waals surface area contributed by atoms with Gasteiger partial charge in [-0.1, -0.05) is 23.2 Å². The molecule has 1 atom stereocenters. The molecule has 1 aromatic rings. The molecule has 0 bridgehead atoms. The van der Waals surface area contributed by atoms with E-state index in [1.807, 2.05) is 0 Å². The van der Waals surface area contributed by atoms with Crippen LogP contribution >= 0.6 is 23.2 Å². The van der Waals surface area contributed by atoms with Crippen molar-refractivity contribution in [1.82, 2.24) is 0 Å². The number of carboxylic acid groups (broad SMARTS) is 1. The van der Waals surface area contributed by atoms with Crippen molar-refractivity contribution in [1.29, 1.82) is 0 Å². The smallest absolute Gasteiger partial charge is 0.302 e. The lowest BCUT2D eigenvalue weighted by Gasteiger charge is -2.26. The summed E-state index contributed by atoms with van der Waals surface area (Å²) in [7, 11) is 0. The minimum atomic E-state index is -1.43. The molecule has 0 aromatic heterocycles. The molecule has 0 fully saturated rings. The quantitative estimate of drug-likeness (QED) is 0.553. The zero-order valence-electron chi connectivity index (χ0n) is 15.4. The van der Waals surface area contributed by atoms with Crippen molar-refractivity contribution in [2.45, 2.75) is 39.5 Å². The number of rotatable bonds is 9. The molecular formula is C19H19Cl2O7-. The average molecular weight is 430 g/mol. The van der Waals surface area contributed by atoms with Crippen LogP contribution in [0.2, 0.25) is 10.0 Å². The summed E-state index contributed by atoms with van der Waals surface area (Å²) in [5, 5.41) is 10.5. The second-order valence-corrected chi connectivity index (χ2v) is 7.53. The number of hydrogen-bond acceptors (Lipinski definition) is 7. The number of fused-ring (bicyclic) bond motifs is 1. The Morgan fingerprint density at radius 3 is 2.43 bits per heavy atom. The molecule has 28 heavy (non-hydrogen) atoms. The van der Waals surface area contributed by atoms with Crippen LogP contribution in [0, 0.1) is 5.41 Å². The Morgan fingerprint density at radius 1 is 1.18 bits per heavy atom. The summed E-state index contributed by atoms with van der Waals surface area (Å²) in [5.74, 6) is -2.22. The number of benzene rings is 1. The van der Waals surface area contributed by atoms with Gasteiger partial charge in [0, 0.05) is 24.3 Å². The SMILES string of the molecule is CC(=O)CCC1(CCOC(C)=O)Cc2cc(OCC(=O)[O-])c(Cl)c(Cl)c2C1=O. The van der Waals surface area contributed by atoms with Crippen molar-refractivity contribution >= 4 is 46.7 Å². The van der Waals surface area contributed by atoms with Gasteiger partial charge in [0.1, 0.15) is 23.2 Å². The molecule has 0 N–H and O–H groups in total. The first-order chi connectivity index (χ1) is 13.1. The van der Waals surface area contributed by atoms with Gasteiger partial charge in [-0.3, -0.25) is 9.59 Å². The first-order valence-corrected chi connectivity index (χ1v) is 9.34. The van der Waals surface area contributed by atoms with Gasteiger partial charge < -0.3 is 24.2 Å². The molecule has 152 valence electrons. The van der Waals surface area contributed by atoms with Crippen molar-refractivity contribution in [2.75, 3.05) is 13.2 Å². The number of ether oxygens (including phenoxy) is 2. The zero-order valence-corrected chi connectivity index (χ0v) is 16.9. The van der Waals surface area contributed by atoms with Gasteiger partial charge in [-0.15, -0.1) is 0 Å². The van der Waals surface area contributed by atoms with E-state index in [2.05, 4.69) is 0 Å². The minimum Gasteiger partial charge on any atom is -0.546 e. The van der Waals surface area contributed by atoms with Crippen molar-refractivity contribution in [3.63, 3.8) is 0 Å². The van der Waals surface area contributed by atoms with Gasteiger partial charge in [-0.2, -0.15) is 0 Å². The van der Waals surface area contributed by atoms with Crippen molar-refractivity contribution < 1.29 is 33.8 Å². The van der Waals surface area contributed by atoms with Crippen LogP contribution in [0.5, 0.6) is 5.75 Å². The van der Waals surface area contributed by atoms with E-state index in [-0.39, 0.29) is 65.2 Å². The van der Waals surface area contributed by atoms with Gasteiger partial charge in [0.05, 0.1) is 17.6 Å². The normalized spacial score (nSPS) is 17.9. The maximum absolute atomic E-state index is 13.2. The predicted octanol–water partition coefficient (Wildman–Crippen LogP) is 2.17. The molecule has 0 amide bonds. The van der Waals surface area contributed by atoms with Crippen LogP contribution in [0.1, 0.15) is 49.0 Å². The molecule has 0 saturated carbocycles. The maximum atomic E-state index is 13.2. The first-order valence-electron chi connectivity index (χ1n) is 8.58. The van der Waals surface area contributed by atoms with Crippen molar-refractivity contribution in [2.24, 2.45) is 5.41 Å². The summed E-state index contributed by atoms with van der Waals surface area (Å²) in [6.07, 6.45) is 0.907. The lowest BCUT2D eigenvalue weighted by molar-refractivity contribution is -0.307. The highest BCUT2D eigenvalue weighted by molar-refractivity contribution is 6.45. The summed E-state index contributed by atoms with van der Waals surface area (Å²) in [6, 6.07) is 1.48. The second-order valence-electron chi connectivity index (χ2n) is 6.78. The van der Waals surface area contributed by atoms with Crippen molar-refractivity contribution in [3.8, 4) is 5.75 Å². The third-order valence-corrected chi connectivity index (χ3v) is 5.53. The lowest BCUT2D eigenvalue weighted by atomic mass is 9.76. The van der Waals surface area contributed by atoms with E-state index in [0.29, 0.717) is 5.56 Å². The van der Waals surface area contributed by atoms with E-state index in [1.54, 1.807) is 0 Å². The standard InChI is InChI=1S/C19H20Cl2O7/c1-10(22)3-4-19(5-6-27-11(2)23)8-12-7-13(28-9-14(24)25)16(20)17(21)15(12)18(19)26/h7H,3-6,8-9H2,1-2H3,(H,24,25)/p-1. The van der Waals surface area contributed by atoms with Crippen LogP contribution in [0.3, 0.4) is 0 Å². The maximum Gasteiger partial charge on any atom is 0.302 e. The molecule has 7 nitrogen and oxygen atoms in total. The summed E-state index contributed by atoms with van der Waals surface area (Å²) in [5.41, 5.74) is -0.207. The number of carbonyl (C=O) groups is 4. The van der Waals surface area contributed by atoms with Crippen LogP contribution in [0.15, 0.2) is 6.07 Å². The summed E-state index contributed by atoms with van der Waals surface area (Å²) < 4.78 is 10.1. The average Bonchev–Trinajstić information content (AvgIpc) is 2.87. The van der Waals surface area contributed by atoms with Gasteiger partial charge in [0.2, 0.25) is 0 Å². The molecule has 1 aliphatic rings. The fraction of sp³-hybridized carbons (Fsp3) is 0.474. The van der Waals surface area contributed by atoms with Gasteiger partial charge >= 0.3 is 5.97 Å². The van der Waals surface area contributed by atoms with Crippen molar-refractivity contribution in [3.05, 3.63) is 27.2 Å². The fourth-order valence-corrected chi connectivity index (χ4v) is 3.83. The fourth-order valence-electron chi connectivity index (χ4n) is 3.32. The highest BCUT2D eigenvalue weighted by atomic mass is 35.5. The van der Waals surface area contributed by atoms with Gasteiger partial charge in [-0.25, -0.2) is 0 Å². The lowest BCUT2D eigenvalue weighted by Crippen LogP contribution is -2.31. The van der Waals surface area contributed by atoms with Crippen LogP contribution < -0.4 is 9.84 Å². The molecule has 0 saturated heterocycles. The molecule has 0 spiro atoms. The molecule has 1 aliphatic carbocycles. The number of hydrogen-bond donors (Lipinski definition) is 0. The largest absolute Gasteiger partial charge is 0.546 e.